The van der Waals surface area contributed by atoms with Gasteiger partial charge >= 0.3 is 5.97 Å². The number of rotatable bonds is 6. The Morgan fingerprint density at radius 2 is 1.67 bits per heavy atom. The highest BCUT2D eigenvalue weighted by Crippen LogP contribution is 2.10. The fourth-order valence-corrected chi connectivity index (χ4v) is 1.70. The number of Topliss-reactive ketones (excluding diaryl/α,β-unsaturated/α-hetero) is 1. The van der Waals surface area contributed by atoms with Gasteiger partial charge in [0.25, 0.3) is 0 Å². The van der Waals surface area contributed by atoms with E-state index in [0.717, 1.165) is 18.4 Å². The highest BCUT2D eigenvalue weighted by atomic mass is 16.5. The first-order valence-electron chi connectivity index (χ1n) is 6.35. The van der Waals surface area contributed by atoms with Crippen LogP contribution in [0, 0.1) is 12.8 Å². The Kier molecular flexibility index (Phi) is 5.56. The van der Waals surface area contributed by atoms with Crippen molar-refractivity contribution in [3.8, 4) is 0 Å². The first-order valence-corrected chi connectivity index (χ1v) is 6.35. The van der Waals surface area contributed by atoms with Crippen LogP contribution in [-0.4, -0.2) is 18.4 Å². The predicted molar refractivity (Wildman–Crippen MR) is 70.5 cm³/mol. The number of hydrogen-bond acceptors (Lipinski definition) is 3. The van der Waals surface area contributed by atoms with Gasteiger partial charge in [0.2, 0.25) is 0 Å². The average Bonchev–Trinajstić information content (AvgIpc) is 2.38. The first kappa shape index (κ1) is 14.4. The molecule has 98 valence electrons. The Hall–Kier alpha value is -1.64. The topological polar surface area (TPSA) is 43.4 Å². The van der Waals surface area contributed by atoms with Crippen LogP contribution in [0.2, 0.25) is 0 Å². The monoisotopic (exact) mass is 248 g/mol. The van der Waals surface area contributed by atoms with E-state index in [9.17, 15) is 9.59 Å². The number of hydrogen-bond donors (Lipinski definition) is 0. The van der Waals surface area contributed by atoms with Gasteiger partial charge in [-0.05, 0) is 19.8 Å². The SMILES string of the molecule is CCC(CC)C(=O)OCC(=O)c1ccc(C)cc1. The molecule has 18 heavy (non-hydrogen) atoms. The Balaban J connectivity index is 2.51. The Labute approximate surface area is 108 Å². The van der Waals surface area contributed by atoms with E-state index in [0.29, 0.717) is 5.56 Å². The Morgan fingerprint density at radius 3 is 2.17 bits per heavy atom. The molecular weight excluding hydrogens is 228 g/mol. The van der Waals surface area contributed by atoms with E-state index in [1.54, 1.807) is 12.1 Å². The summed E-state index contributed by atoms with van der Waals surface area (Å²) in [5.41, 5.74) is 1.68. The maximum absolute atomic E-state index is 11.8. The molecule has 0 aliphatic carbocycles. The molecule has 0 N–H and O–H groups in total. The molecule has 0 saturated heterocycles. The molecule has 0 aliphatic heterocycles. The van der Waals surface area contributed by atoms with E-state index in [1.165, 1.54) is 0 Å². The summed E-state index contributed by atoms with van der Waals surface area (Å²) in [5, 5.41) is 0. The van der Waals surface area contributed by atoms with E-state index >= 15 is 0 Å². The number of carbonyl (C=O) groups is 2. The van der Waals surface area contributed by atoms with Gasteiger partial charge in [0, 0.05) is 5.56 Å². The number of benzene rings is 1. The number of aryl methyl sites for hydroxylation is 1. The summed E-state index contributed by atoms with van der Waals surface area (Å²) >= 11 is 0. The third-order valence-corrected chi connectivity index (χ3v) is 3.04. The number of carbonyl (C=O) groups excluding carboxylic acids is 2. The lowest BCUT2D eigenvalue weighted by Crippen LogP contribution is -2.20. The van der Waals surface area contributed by atoms with E-state index < -0.39 is 0 Å². The zero-order chi connectivity index (χ0) is 13.5. The molecular formula is C15H20O3. The average molecular weight is 248 g/mol. The minimum absolute atomic E-state index is 0.101. The van der Waals surface area contributed by atoms with Crippen LogP contribution in [-0.2, 0) is 9.53 Å². The van der Waals surface area contributed by atoms with Crippen molar-refractivity contribution < 1.29 is 14.3 Å². The van der Waals surface area contributed by atoms with Gasteiger partial charge in [0.05, 0.1) is 5.92 Å². The fourth-order valence-electron chi connectivity index (χ4n) is 1.70. The van der Waals surface area contributed by atoms with Crippen LogP contribution >= 0.6 is 0 Å². The number of esters is 1. The molecule has 3 heteroatoms. The molecule has 0 radical (unpaired) electrons. The molecule has 0 unspecified atom stereocenters. The number of ketones is 1. The highest BCUT2D eigenvalue weighted by molar-refractivity contribution is 5.98. The van der Waals surface area contributed by atoms with E-state index in [1.807, 2.05) is 32.9 Å². The van der Waals surface area contributed by atoms with Gasteiger partial charge in [-0.15, -0.1) is 0 Å². The lowest BCUT2D eigenvalue weighted by atomic mass is 10.0. The maximum Gasteiger partial charge on any atom is 0.309 e. The van der Waals surface area contributed by atoms with Gasteiger partial charge in [0.1, 0.15) is 0 Å². The maximum atomic E-state index is 11.8. The van der Waals surface area contributed by atoms with Crippen LogP contribution in [0.5, 0.6) is 0 Å². The lowest BCUT2D eigenvalue weighted by Gasteiger charge is -2.11. The van der Waals surface area contributed by atoms with Crippen molar-refractivity contribution >= 4 is 11.8 Å². The minimum Gasteiger partial charge on any atom is -0.457 e. The summed E-state index contributed by atoms with van der Waals surface area (Å²) in [6.07, 6.45) is 1.49. The largest absolute Gasteiger partial charge is 0.457 e. The quantitative estimate of drug-likeness (QED) is 0.573. The molecule has 0 aliphatic rings. The third kappa shape index (κ3) is 3.99. The lowest BCUT2D eigenvalue weighted by molar-refractivity contribution is -0.147. The van der Waals surface area contributed by atoms with Crippen LogP contribution in [0.3, 0.4) is 0 Å². The third-order valence-electron chi connectivity index (χ3n) is 3.04. The second-order valence-electron chi connectivity index (χ2n) is 4.41. The van der Waals surface area contributed by atoms with Crippen LogP contribution in [0.4, 0.5) is 0 Å². The molecule has 0 heterocycles. The second kappa shape index (κ2) is 6.94. The van der Waals surface area contributed by atoms with Crippen LogP contribution in [0.1, 0.15) is 42.6 Å². The molecule has 0 amide bonds. The normalized spacial score (nSPS) is 10.4. The first-order chi connectivity index (χ1) is 8.58. The molecule has 1 aromatic carbocycles. The summed E-state index contributed by atoms with van der Waals surface area (Å²) in [6, 6.07) is 7.25. The summed E-state index contributed by atoms with van der Waals surface area (Å²) in [4.78, 5) is 23.4. The zero-order valence-corrected chi connectivity index (χ0v) is 11.2. The Bertz CT molecular complexity index is 402. The van der Waals surface area contributed by atoms with Crippen LogP contribution in [0.15, 0.2) is 24.3 Å². The molecule has 0 spiro atoms. The highest BCUT2D eigenvalue weighted by Gasteiger charge is 2.17. The van der Waals surface area contributed by atoms with Gasteiger partial charge < -0.3 is 4.74 Å². The van der Waals surface area contributed by atoms with Crippen molar-refractivity contribution in [1.29, 1.82) is 0 Å². The molecule has 0 saturated carbocycles. The number of ether oxygens (including phenoxy) is 1. The Morgan fingerprint density at radius 1 is 1.11 bits per heavy atom. The zero-order valence-electron chi connectivity index (χ0n) is 11.2. The standard InChI is InChI=1S/C15H20O3/c1-4-12(5-2)15(17)18-10-14(16)13-8-6-11(3)7-9-13/h6-9,12H,4-5,10H2,1-3H3. The molecule has 1 rings (SSSR count). The van der Waals surface area contributed by atoms with Crippen molar-refractivity contribution in [3.05, 3.63) is 35.4 Å². The molecule has 1 aromatic rings. The fraction of sp³-hybridized carbons (Fsp3) is 0.467. The van der Waals surface area contributed by atoms with Crippen LogP contribution < -0.4 is 0 Å². The molecule has 0 fully saturated rings. The van der Waals surface area contributed by atoms with E-state index in [4.69, 9.17) is 4.74 Å². The predicted octanol–water partition coefficient (Wildman–Crippen LogP) is 3.16. The summed E-state index contributed by atoms with van der Waals surface area (Å²) in [5.74, 6) is -0.536. The van der Waals surface area contributed by atoms with Gasteiger partial charge in [-0.1, -0.05) is 43.7 Å². The van der Waals surface area contributed by atoms with Crippen molar-refractivity contribution in [3.63, 3.8) is 0 Å². The second-order valence-corrected chi connectivity index (χ2v) is 4.41. The molecule has 3 nitrogen and oxygen atoms in total. The smallest absolute Gasteiger partial charge is 0.309 e. The van der Waals surface area contributed by atoms with Gasteiger partial charge in [-0.3, -0.25) is 9.59 Å². The molecule has 0 atom stereocenters. The van der Waals surface area contributed by atoms with Crippen LogP contribution in [0.25, 0.3) is 0 Å². The summed E-state index contributed by atoms with van der Waals surface area (Å²) < 4.78 is 5.04. The van der Waals surface area contributed by atoms with Crippen molar-refractivity contribution in [1.82, 2.24) is 0 Å². The van der Waals surface area contributed by atoms with Crippen molar-refractivity contribution in [2.24, 2.45) is 5.92 Å². The van der Waals surface area contributed by atoms with Crippen molar-refractivity contribution in [2.75, 3.05) is 6.61 Å². The van der Waals surface area contributed by atoms with E-state index in [-0.39, 0.29) is 24.3 Å². The summed E-state index contributed by atoms with van der Waals surface area (Å²) in [7, 11) is 0. The molecule has 0 bridgehead atoms. The van der Waals surface area contributed by atoms with E-state index in [2.05, 4.69) is 0 Å². The van der Waals surface area contributed by atoms with Crippen molar-refractivity contribution in [2.45, 2.75) is 33.6 Å². The van der Waals surface area contributed by atoms with Gasteiger partial charge in [-0.2, -0.15) is 0 Å². The van der Waals surface area contributed by atoms with Gasteiger partial charge in [0.15, 0.2) is 12.4 Å². The summed E-state index contributed by atoms with van der Waals surface area (Å²) in [6.45, 7) is 5.67. The van der Waals surface area contributed by atoms with Gasteiger partial charge in [-0.25, -0.2) is 0 Å². The molecule has 0 aromatic heterocycles. The minimum atomic E-state index is -0.277.